The van der Waals surface area contributed by atoms with E-state index in [2.05, 4.69) is 21.2 Å². The first-order valence-corrected chi connectivity index (χ1v) is 10.4. The maximum absolute atomic E-state index is 13.3. The molecule has 0 aromatic heterocycles. The molecular weight excluding hydrogens is 454 g/mol. The highest BCUT2D eigenvalue weighted by Crippen LogP contribution is 2.42. The number of methoxy groups -OCH3 is 1. The molecule has 1 atom stereocenters. The summed E-state index contributed by atoms with van der Waals surface area (Å²) < 4.78 is 6.04. The number of ether oxygens (including phenoxy) is 1. The number of nitrogens with one attached hydrogen (secondary N) is 1. The fourth-order valence-electron chi connectivity index (χ4n) is 2.91. The predicted octanol–water partition coefficient (Wildman–Crippen LogP) is 3.63. The van der Waals surface area contributed by atoms with E-state index in [0.717, 1.165) is 15.8 Å². The van der Waals surface area contributed by atoms with Gasteiger partial charge in [0, 0.05) is 17.2 Å². The number of nitrogens with zero attached hydrogens (tertiary/aromatic N) is 2. The summed E-state index contributed by atoms with van der Waals surface area (Å²) in [6.45, 7) is 0. The molecule has 29 heavy (non-hydrogen) atoms. The van der Waals surface area contributed by atoms with Crippen molar-refractivity contribution in [1.29, 1.82) is 5.26 Å². The monoisotopic (exact) mass is 471 g/mol. The molecule has 0 bridgehead atoms. The van der Waals surface area contributed by atoms with Crippen LogP contribution in [0.25, 0.3) is 0 Å². The van der Waals surface area contributed by atoms with Crippen molar-refractivity contribution in [2.75, 3.05) is 19.1 Å². The molecule has 1 unspecified atom stereocenters. The number of benzene rings is 2. The lowest BCUT2D eigenvalue weighted by molar-refractivity contribution is -0.117. The molecule has 0 saturated carbocycles. The first-order valence-electron chi connectivity index (χ1n) is 8.74. The second-order valence-electron chi connectivity index (χ2n) is 6.18. The zero-order valence-electron chi connectivity index (χ0n) is 15.8. The largest absolute Gasteiger partial charge is 0.497 e. The number of anilines is 1. The van der Waals surface area contributed by atoms with Crippen LogP contribution in [0.2, 0.25) is 0 Å². The second kappa shape index (κ2) is 9.16. The van der Waals surface area contributed by atoms with Crippen LogP contribution < -0.4 is 15.0 Å². The van der Waals surface area contributed by atoms with Gasteiger partial charge < -0.3 is 10.1 Å². The van der Waals surface area contributed by atoms with Crippen LogP contribution >= 0.6 is 27.7 Å². The van der Waals surface area contributed by atoms with Gasteiger partial charge in [0.25, 0.3) is 5.91 Å². The zero-order chi connectivity index (χ0) is 21.0. The van der Waals surface area contributed by atoms with Gasteiger partial charge in [0.05, 0.1) is 12.4 Å². The number of nitriles is 1. The minimum absolute atomic E-state index is 0.0778. The molecule has 1 aliphatic heterocycles. The van der Waals surface area contributed by atoms with E-state index in [9.17, 15) is 14.9 Å². The van der Waals surface area contributed by atoms with Crippen LogP contribution in [0.3, 0.4) is 0 Å². The Hall–Kier alpha value is -2.76. The fourth-order valence-corrected chi connectivity index (χ4v) is 4.49. The van der Waals surface area contributed by atoms with Crippen LogP contribution in [0.4, 0.5) is 5.69 Å². The maximum atomic E-state index is 13.3. The number of carbonyl (C=O) groups is 2. The molecule has 2 aromatic carbocycles. The Labute approximate surface area is 181 Å². The van der Waals surface area contributed by atoms with Gasteiger partial charge in [-0.1, -0.05) is 39.8 Å². The quantitative estimate of drug-likeness (QED) is 0.531. The van der Waals surface area contributed by atoms with Crippen LogP contribution in [-0.4, -0.2) is 31.2 Å². The van der Waals surface area contributed by atoms with Crippen molar-refractivity contribution in [3.05, 3.63) is 69.2 Å². The molecule has 6 nitrogen and oxygen atoms in total. The lowest BCUT2D eigenvalue weighted by atomic mass is 10.1. The van der Waals surface area contributed by atoms with E-state index in [1.165, 1.54) is 23.7 Å². The number of amides is 2. The summed E-state index contributed by atoms with van der Waals surface area (Å²) in [5.41, 5.74) is 1.49. The van der Waals surface area contributed by atoms with E-state index in [1.807, 2.05) is 42.5 Å². The lowest BCUT2D eigenvalue weighted by Crippen LogP contribution is -2.31. The van der Waals surface area contributed by atoms with E-state index < -0.39 is 11.2 Å². The number of hydrogen-bond donors (Lipinski definition) is 1. The van der Waals surface area contributed by atoms with Gasteiger partial charge in [-0.05, 0) is 48.4 Å². The minimum Gasteiger partial charge on any atom is -0.497 e. The van der Waals surface area contributed by atoms with E-state index in [0.29, 0.717) is 17.1 Å². The van der Waals surface area contributed by atoms with E-state index in [-0.39, 0.29) is 11.5 Å². The van der Waals surface area contributed by atoms with Crippen molar-refractivity contribution in [3.63, 3.8) is 0 Å². The van der Waals surface area contributed by atoms with Gasteiger partial charge in [0.2, 0.25) is 5.91 Å². The van der Waals surface area contributed by atoms with Crippen molar-refractivity contribution < 1.29 is 14.3 Å². The van der Waals surface area contributed by atoms with E-state index in [4.69, 9.17) is 4.74 Å². The summed E-state index contributed by atoms with van der Waals surface area (Å²) in [7, 11) is 3.06. The van der Waals surface area contributed by atoms with Gasteiger partial charge in [-0.3, -0.25) is 14.5 Å². The molecular formula is C21H18BrN3O3S. The predicted molar refractivity (Wildman–Crippen MR) is 116 cm³/mol. The van der Waals surface area contributed by atoms with Gasteiger partial charge >= 0.3 is 0 Å². The van der Waals surface area contributed by atoms with Crippen molar-refractivity contribution in [2.45, 2.75) is 11.7 Å². The minimum atomic E-state index is -0.519. The van der Waals surface area contributed by atoms with Gasteiger partial charge in [0.1, 0.15) is 22.4 Å². The average molecular weight is 472 g/mol. The molecule has 0 spiro atoms. The molecule has 1 heterocycles. The Balaban J connectivity index is 2.00. The number of hydrogen-bond acceptors (Lipinski definition) is 5. The van der Waals surface area contributed by atoms with Crippen molar-refractivity contribution in [2.24, 2.45) is 0 Å². The number of carbonyl (C=O) groups excluding carboxylic acids is 2. The number of thioether (sulfide) groups is 1. The van der Waals surface area contributed by atoms with Crippen molar-refractivity contribution in [1.82, 2.24) is 5.32 Å². The molecule has 1 aliphatic rings. The average Bonchev–Trinajstić information content (AvgIpc) is 3.05. The summed E-state index contributed by atoms with van der Waals surface area (Å²) in [4.78, 5) is 26.9. The molecule has 1 N–H and O–H groups in total. The highest BCUT2D eigenvalue weighted by Gasteiger charge is 2.40. The smallest absolute Gasteiger partial charge is 0.264 e. The van der Waals surface area contributed by atoms with Gasteiger partial charge in [-0.2, -0.15) is 5.26 Å². The molecule has 1 saturated heterocycles. The Morgan fingerprint density at radius 1 is 1.24 bits per heavy atom. The number of halogens is 1. The van der Waals surface area contributed by atoms with Crippen LogP contribution in [0.15, 0.2) is 63.6 Å². The SMILES string of the molecule is CNC(=O)C(C#N)=C1SC(Cc2ccc(OC)cc2)C(=O)N1c1ccc(Br)cc1. The van der Waals surface area contributed by atoms with Crippen molar-refractivity contribution >= 4 is 45.2 Å². The molecule has 2 amide bonds. The van der Waals surface area contributed by atoms with E-state index in [1.54, 1.807) is 19.2 Å². The zero-order valence-corrected chi connectivity index (χ0v) is 18.2. The summed E-state index contributed by atoms with van der Waals surface area (Å²) in [5, 5.41) is 11.9. The van der Waals surface area contributed by atoms with Gasteiger partial charge in [-0.15, -0.1) is 0 Å². The topological polar surface area (TPSA) is 82.4 Å². The summed E-state index contributed by atoms with van der Waals surface area (Å²) in [6.07, 6.45) is 0.469. The van der Waals surface area contributed by atoms with Crippen LogP contribution in [0, 0.1) is 11.3 Å². The third-order valence-corrected chi connectivity index (χ3v) is 6.19. The molecule has 2 aromatic rings. The second-order valence-corrected chi connectivity index (χ2v) is 8.29. The first-order chi connectivity index (χ1) is 14.0. The molecule has 8 heteroatoms. The number of likely N-dealkylation sites (N-methyl/N-ethyl adjacent to an activating group) is 1. The summed E-state index contributed by atoms with van der Waals surface area (Å²) >= 11 is 4.62. The normalized spacial score (nSPS) is 17.7. The lowest BCUT2D eigenvalue weighted by Gasteiger charge is -2.18. The third kappa shape index (κ3) is 4.47. The Morgan fingerprint density at radius 3 is 2.45 bits per heavy atom. The maximum Gasteiger partial charge on any atom is 0.264 e. The highest BCUT2D eigenvalue weighted by molar-refractivity contribution is 9.10. The fraction of sp³-hybridized carbons (Fsp3) is 0.190. The summed E-state index contributed by atoms with van der Waals surface area (Å²) in [6, 6.07) is 16.6. The molecule has 1 fully saturated rings. The van der Waals surface area contributed by atoms with Crippen molar-refractivity contribution in [3.8, 4) is 11.8 Å². The Morgan fingerprint density at radius 2 is 1.90 bits per heavy atom. The van der Waals surface area contributed by atoms with Gasteiger partial charge in [-0.25, -0.2) is 0 Å². The number of rotatable bonds is 5. The van der Waals surface area contributed by atoms with Crippen LogP contribution in [-0.2, 0) is 16.0 Å². The standard InChI is InChI=1S/C21H18BrN3O3S/c1-24-19(26)17(12-23)21-25(15-7-5-14(22)6-8-15)20(27)18(29-21)11-13-3-9-16(28-2)10-4-13/h3-10,18H,11H2,1-2H3,(H,24,26). The van der Waals surface area contributed by atoms with Gasteiger partial charge in [0.15, 0.2) is 0 Å². The van der Waals surface area contributed by atoms with Crippen LogP contribution in [0.5, 0.6) is 5.75 Å². The molecule has 3 rings (SSSR count). The van der Waals surface area contributed by atoms with Crippen LogP contribution in [0.1, 0.15) is 5.56 Å². The van der Waals surface area contributed by atoms with E-state index >= 15 is 0 Å². The Kier molecular flexibility index (Phi) is 6.62. The molecule has 0 aliphatic carbocycles. The summed E-state index contributed by atoms with van der Waals surface area (Å²) in [5.74, 6) is 0.0532. The first kappa shape index (κ1) is 21.0. The molecule has 0 radical (unpaired) electrons. The Bertz CT molecular complexity index is 997. The highest BCUT2D eigenvalue weighted by atomic mass is 79.9. The third-order valence-electron chi connectivity index (χ3n) is 4.40. The molecule has 148 valence electrons.